The number of hydrazone groups is 1. The van der Waals surface area contributed by atoms with Crippen LogP contribution in [0.15, 0.2) is 112 Å². The highest BCUT2D eigenvalue weighted by atomic mass is 35.5. The summed E-state index contributed by atoms with van der Waals surface area (Å²) >= 11 is 7.58. The van der Waals surface area contributed by atoms with Crippen LogP contribution < -0.4 is 5.43 Å². The predicted molar refractivity (Wildman–Crippen MR) is 123 cm³/mol. The van der Waals surface area contributed by atoms with Crippen LogP contribution in [0, 0.1) is 0 Å². The number of benzene rings is 3. The summed E-state index contributed by atoms with van der Waals surface area (Å²) in [6.07, 6.45) is 5.44. The average Bonchev–Trinajstić information content (AvgIpc) is 3.31. The third-order valence-electron chi connectivity index (χ3n) is 4.34. The van der Waals surface area contributed by atoms with Crippen LogP contribution in [0.1, 0.15) is 15.9 Å². The first kappa shape index (κ1) is 20.0. The maximum Gasteiger partial charge on any atom is 0.273 e. The Bertz CT molecular complexity index is 1150. The van der Waals surface area contributed by atoms with Crippen molar-refractivity contribution in [3.63, 3.8) is 0 Å². The number of nitrogens with zero attached hydrogens (tertiary/aromatic N) is 2. The molecule has 0 aliphatic rings. The molecule has 1 heterocycles. The number of para-hydroxylation sites is 1. The van der Waals surface area contributed by atoms with E-state index in [1.165, 1.54) is 0 Å². The number of halogens is 1. The van der Waals surface area contributed by atoms with Gasteiger partial charge in [-0.15, -0.1) is 0 Å². The predicted octanol–water partition coefficient (Wildman–Crippen LogP) is 6.05. The molecular weight excluding hydrogens is 414 g/mol. The van der Waals surface area contributed by atoms with Gasteiger partial charge in [0.2, 0.25) is 0 Å². The van der Waals surface area contributed by atoms with Crippen molar-refractivity contribution in [3.8, 4) is 5.69 Å². The second-order valence-corrected chi connectivity index (χ2v) is 8.01. The summed E-state index contributed by atoms with van der Waals surface area (Å²) < 4.78 is 1.90. The maximum atomic E-state index is 12.6. The molecule has 30 heavy (non-hydrogen) atoms. The van der Waals surface area contributed by atoms with E-state index in [1.54, 1.807) is 24.0 Å². The van der Waals surface area contributed by atoms with Crippen LogP contribution in [0.25, 0.3) is 5.69 Å². The molecule has 6 heteroatoms. The average molecular weight is 432 g/mol. The number of nitrogens with one attached hydrogen (secondary N) is 1. The van der Waals surface area contributed by atoms with Crippen LogP contribution in [-0.4, -0.2) is 16.7 Å². The van der Waals surface area contributed by atoms with E-state index >= 15 is 0 Å². The van der Waals surface area contributed by atoms with Crippen LogP contribution >= 0.6 is 23.4 Å². The van der Waals surface area contributed by atoms with Gasteiger partial charge in [-0.25, -0.2) is 5.43 Å². The Balaban J connectivity index is 1.39. The van der Waals surface area contributed by atoms with E-state index in [0.29, 0.717) is 5.56 Å². The summed E-state index contributed by atoms with van der Waals surface area (Å²) in [7, 11) is 0. The molecule has 0 saturated heterocycles. The highest BCUT2D eigenvalue weighted by Crippen LogP contribution is 2.28. The van der Waals surface area contributed by atoms with E-state index in [4.69, 9.17) is 11.6 Å². The lowest BCUT2D eigenvalue weighted by Crippen LogP contribution is -2.19. The van der Waals surface area contributed by atoms with Crippen LogP contribution in [0.4, 0.5) is 0 Å². The summed E-state index contributed by atoms with van der Waals surface area (Å²) in [5, 5.41) is 4.83. The van der Waals surface area contributed by atoms with Crippen LogP contribution in [0.5, 0.6) is 0 Å². The minimum atomic E-state index is -0.259. The number of aromatic nitrogens is 1. The van der Waals surface area contributed by atoms with Gasteiger partial charge >= 0.3 is 0 Å². The summed E-state index contributed by atoms with van der Waals surface area (Å²) in [6.45, 7) is 0. The first-order valence-corrected chi connectivity index (χ1v) is 10.5. The number of rotatable bonds is 6. The van der Waals surface area contributed by atoms with E-state index in [0.717, 1.165) is 26.1 Å². The van der Waals surface area contributed by atoms with E-state index in [-0.39, 0.29) is 5.91 Å². The normalized spacial score (nSPS) is 11.0. The number of hydrogen-bond donors (Lipinski definition) is 1. The second kappa shape index (κ2) is 9.48. The molecule has 0 radical (unpaired) electrons. The third-order valence-corrected chi connectivity index (χ3v) is 5.61. The van der Waals surface area contributed by atoms with Crippen molar-refractivity contribution in [2.24, 2.45) is 5.10 Å². The summed E-state index contributed by atoms with van der Waals surface area (Å²) in [6, 6.07) is 26.9. The van der Waals surface area contributed by atoms with E-state index < -0.39 is 0 Å². The lowest BCUT2D eigenvalue weighted by Gasteiger charge is -2.09. The fraction of sp³-hybridized carbons (Fsp3) is 0. The van der Waals surface area contributed by atoms with Crippen molar-refractivity contribution < 1.29 is 4.79 Å². The van der Waals surface area contributed by atoms with Crippen molar-refractivity contribution in [2.75, 3.05) is 0 Å². The van der Waals surface area contributed by atoms with Gasteiger partial charge in [-0.05, 0) is 66.2 Å². The molecule has 4 aromatic rings. The molecule has 0 atom stereocenters. The molecule has 148 valence electrons. The Kier molecular flexibility index (Phi) is 6.32. The van der Waals surface area contributed by atoms with Gasteiger partial charge in [0, 0.05) is 27.2 Å². The fourth-order valence-corrected chi connectivity index (χ4v) is 3.81. The lowest BCUT2D eigenvalue weighted by atomic mass is 10.1. The zero-order valence-electron chi connectivity index (χ0n) is 15.9. The van der Waals surface area contributed by atoms with Gasteiger partial charge in [0.1, 0.15) is 0 Å². The molecule has 0 aliphatic heterocycles. The van der Waals surface area contributed by atoms with Crippen molar-refractivity contribution in [1.29, 1.82) is 0 Å². The van der Waals surface area contributed by atoms with Crippen molar-refractivity contribution in [3.05, 3.63) is 113 Å². The highest BCUT2D eigenvalue weighted by Gasteiger charge is 2.10. The first-order valence-electron chi connectivity index (χ1n) is 9.28. The largest absolute Gasteiger partial charge is 0.323 e. The molecule has 1 amide bonds. The molecule has 4 nitrogen and oxygen atoms in total. The van der Waals surface area contributed by atoms with Gasteiger partial charge in [-0.3, -0.25) is 4.79 Å². The Labute approximate surface area is 184 Å². The molecule has 0 bridgehead atoms. The molecule has 1 N–H and O–H groups in total. The SMILES string of the molecule is O=C(N/N=C\c1ccc(Sc2ccc(Cl)cc2)cc1)c1ccccc1-n1cccc1. The van der Waals surface area contributed by atoms with Gasteiger partial charge in [0.15, 0.2) is 0 Å². The molecule has 0 saturated carbocycles. The van der Waals surface area contributed by atoms with Gasteiger partial charge < -0.3 is 4.57 Å². The Morgan fingerprint density at radius 3 is 2.20 bits per heavy atom. The smallest absolute Gasteiger partial charge is 0.273 e. The second-order valence-electron chi connectivity index (χ2n) is 6.43. The Hall–Kier alpha value is -3.28. The summed E-state index contributed by atoms with van der Waals surface area (Å²) in [5.74, 6) is -0.259. The summed E-state index contributed by atoms with van der Waals surface area (Å²) in [5.41, 5.74) is 4.87. The number of carbonyl (C=O) groups excluding carboxylic acids is 1. The Morgan fingerprint density at radius 1 is 0.867 bits per heavy atom. The molecule has 1 aromatic heterocycles. The standard InChI is InChI=1S/C24H18ClN3OS/c25-19-9-13-21(14-10-19)30-20-11-7-18(8-12-20)17-26-27-24(29)22-5-1-2-6-23(22)28-15-3-4-16-28/h1-17H,(H,27,29)/b26-17-. The molecular formula is C24H18ClN3OS. The topological polar surface area (TPSA) is 46.4 Å². The molecule has 0 fully saturated rings. The molecule has 0 unspecified atom stereocenters. The van der Waals surface area contributed by atoms with Gasteiger partial charge in [-0.2, -0.15) is 5.10 Å². The van der Waals surface area contributed by atoms with Crippen LogP contribution in [-0.2, 0) is 0 Å². The lowest BCUT2D eigenvalue weighted by molar-refractivity contribution is 0.0955. The molecule has 3 aromatic carbocycles. The molecule has 0 aliphatic carbocycles. The Morgan fingerprint density at radius 2 is 1.50 bits per heavy atom. The summed E-state index contributed by atoms with van der Waals surface area (Å²) in [4.78, 5) is 14.8. The minimum Gasteiger partial charge on any atom is -0.323 e. The monoisotopic (exact) mass is 431 g/mol. The number of hydrogen-bond acceptors (Lipinski definition) is 3. The van der Waals surface area contributed by atoms with Crippen molar-refractivity contribution in [2.45, 2.75) is 9.79 Å². The molecule has 4 rings (SSSR count). The van der Waals surface area contributed by atoms with E-state index in [9.17, 15) is 4.79 Å². The van der Waals surface area contributed by atoms with Crippen LogP contribution in [0.2, 0.25) is 5.02 Å². The zero-order chi connectivity index (χ0) is 20.8. The van der Waals surface area contributed by atoms with Crippen LogP contribution in [0.3, 0.4) is 0 Å². The van der Waals surface area contributed by atoms with Crippen molar-refractivity contribution in [1.82, 2.24) is 9.99 Å². The molecule has 0 spiro atoms. The van der Waals surface area contributed by atoms with Gasteiger partial charge in [-0.1, -0.05) is 47.6 Å². The number of amides is 1. The third kappa shape index (κ3) is 5.00. The zero-order valence-corrected chi connectivity index (χ0v) is 17.5. The highest BCUT2D eigenvalue weighted by molar-refractivity contribution is 7.99. The minimum absolute atomic E-state index is 0.259. The van der Waals surface area contributed by atoms with Gasteiger partial charge in [0.25, 0.3) is 5.91 Å². The first-order chi connectivity index (χ1) is 14.7. The van der Waals surface area contributed by atoms with Gasteiger partial charge in [0.05, 0.1) is 17.5 Å². The maximum absolute atomic E-state index is 12.6. The number of carbonyl (C=O) groups is 1. The van der Waals surface area contributed by atoms with E-state index in [1.807, 2.05) is 95.8 Å². The fourth-order valence-electron chi connectivity index (χ4n) is 2.87. The van der Waals surface area contributed by atoms with E-state index in [2.05, 4.69) is 10.5 Å². The quantitative estimate of drug-likeness (QED) is 0.298. The van der Waals surface area contributed by atoms with Crippen molar-refractivity contribution >= 4 is 35.5 Å².